The number of fused-ring (bicyclic) bond motifs is 1. The number of sulfonamides is 1. The van der Waals surface area contributed by atoms with Crippen molar-refractivity contribution >= 4 is 38.9 Å². The van der Waals surface area contributed by atoms with E-state index in [0.717, 1.165) is 23.1 Å². The zero-order valence-corrected chi connectivity index (χ0v) is 17.6. The van der Waals surface area contributed by atoms with Gasteiger partial charge >= 0.3 is 0 Å². The fourth-order valence-corrected chi connectivity index (χ4v) is 3.98. The fourth-order valence-electron chi connectivity index (χ4n) is 2.91. The third-order valence-electron chi connectivity index (χ3n) is 4.48. The molecule has 1 aliphatic rings. The van der Waals surface area contributed by atoms with Gasteiger partial charge in [0.25, 0.3) is 17.3 Å². The first kappa shape index (κ1) is 23.6. The van der Waals surface area contributed by atoms with E-state index in [9.17, 15) is 38.2 Å². The Kier molecular flexibility index (Phi) is 6.83. The number of nitrogens with one attached hydrogen (secondary N) is 2. The second-order valence-electron chi connectivity index (χ2n) is 6.68. The molecule has 1 aliphatic heterocycles. The molecule has 0 radical (unpaired) electrons. The van der Waals surface area contributed by atoms with Crippen molar-refractivity contribution in [3.05, 3.63) is 62.7 Å². The molecule has 0 bridgehead atoms. The molecule has 2 aromatic rings. The molecule has 0 aliphatic carbocycles. The summed E-state index contributed by atoms with van der Waals surface area (Å²) < 4.78 is 32.0. The summed E-state index contributed by atoms with van der Waals surface area (Å²) in [5, 5.41) is 24.2. The number of nitro groups is 2. The molecular formula is C18H17N5O9S. The van der Waals surface area contributed by atoms with Crippen LogP contribution in [-0.4, -0.2) is 56.3 Å². The van der Waals surface area contributed by atoms with Gasteiger partial charge in [0, 0.05) is 37.4 Å². The van der Waals surface area contributed by atoms with Gasteiger partial charge in [0.1, 0.15) is 12.3 Å². The highest BCUT2D eigenvalue weighted by Gasteiger charge is 2.29. The summed E-state index contributed by atoms with van der Waals surface area (Å²) in [5.74, 6) is -1.01. The number of nitro benzene ring substituents is 2. The van der Waals surface area contributed by atoms with Crippen molar-refractivity contribution in [3.8, 4) is 5.75 Å². The van der Waals surface area contributed by atoms with Crippen LogP contribution < -0.4 is 19.7 Å². The first-order valence-corrected chi connectivity index (χ1v) is 10.8. The van der Waals surface area contributed by atoms with Crippen molar-refractivity contribution in [2.75, 3.05) is 31.1 Å². The predicted octanol–water partition coefficient (Wildman–Crippen LogP) is 0.323. The molecule has 15 heteroatoms. The smallest absolute Gasteiger partial charge is 0.271 e. The highest BCUT2D eigenvalue weighted by Crippen LogP contribution is 2.35. The van der Waals surface area contributed by atoms with Gasteiger partial charge in [0.05, 0.1) is 20.4 Å². The molecule has 0 atom stereocenters. The normalized spacial score (nSPS) is 13.1. The Morgan fingerprint density at radius 3 is 2.45 bits per heavy atom. The van der Waals surface area contributed by atoms with Crippen molar-refractivity contribution in [3.63, 3.8) is 0 Å². The molecule has 1 heterocycles. The van der Waals surface area contributed by atoms with E-state index in [1.165, 1.54) is 24.3 Å². The summed E-state index contributed by atoms with van der Waals surface area (Å²) in [6, 6.07) is 8.13. The molecule has 14 nitrogen and oxygen atoms in total. The van der Waals surface area contributed by atoms with Crippen molar-refractivity contribution in [2.24, 2.45) is 0 Å². The van der Waals surface area contributed by atoms with Gasteiger partial charge in [0.2, 0.25) is 15.9 Å². The zero-order valence-electron chi connectivity index (χ0n) is 16.8. The first-order chi connectivity index (χ1) is 15.6. The summed E-state index contributed by atoms with van der Waals surface area (Å²) in [5.41, 5.74) is -0.600. The molecule has 0 saturated carbocycles. The van der Waals surface area contributed by atoms with Gasteiger partial charge < -0.3 is 10.1 Å². The Morgan fingerprint density at radius 1 is 1.06 bits per heavy atom. The van der Waals surface area contributed by atoms with Gasteiger partial charge in [-0.3, -0.25) is 34.7 Å². The van der Waals surface area contributed by atoms with Crippen molar-refractivity contribution in [1.82, 2.24) is 10.0 Å². The second kappa shape index (κ2) is 9.58. The molecule has 0 saturated heterocycles. The van der Waals surface area contributed by atoms with Crippen LogP contribution in [0.25, 0.3) is 0 Å². The van der Waals surface area contributed by atoms with E-state index in [1.807, 2.05) is 0 Å². The van der Waals surface area contributed by atoms with Crippen molar-refractivity contribution in [2.45, 2.75) is 4.90 Å². The van der Waals surface area contributed by atoms with E-state index < -0.39 is 38.2 Å². The van der Waals surface area contributed by atoms with Gasteiger partial charge in [0.15, 0.2) is 6.61 Å². The van der Waals surface area contributed by atoms with Crippen LogP contribution in [0.3, 0.4) is 0 Å². The molecule has 174 valence electrons. The molecule has 2 amide bonds. The van der Waals surface area contributed by atoms with E-state index in [1.54, 1.807) is 0 Å². The largest absolute Gasteiger partial charge is 0.482 e. The number of non-ortho nitro benzene ring substituents is 2. The van der Waals surface area contributed by atoms with E-state index >= 15 is 0 Å². The van der Waals surface area contributed by atoms with E-state index in [0.29, 0.717) is 0 Å². The summed E-state index contributed by atoms with van der Waals surface area (Å²) in [6.07, 6.45) is 0. The van der Waals surface area contributed by atoms with E-state index in [-0.39, 0.29) is 47.4 Å². The number of hydrogen-bond acceptors (Lipinski definition) is 9. The van der Waals surface area contributed by atoms with Crippen LogP contribution in [0.1, 0.15) is 0 Å². The third-order valence-corrected chi connectivity index (χ3v) is 5.93. The molecular weight excluding hydrogens is 462 g/mol. The molecule has 0 unspecified atom stereocenters. The number of benzene rings is 2. The maximum atomic E-state index is 12.3. The lowest BCUT2D eigenvalue weighted by atomic mass is 10.2. The van der Waals surface area contributed by atoms with Gasteiger partial charge in [-0.05, 0) is 12.1 Å². The maximum Gasteiger partial charge on any atom is 0.271 e. The molecule has 0 spiro atoms. The van der Waals surface area contributed by atoms with E-state index in [2.05, 4.69) is 10.0 Å². The van der Waals surface area contributed by atoms with Crippen LogP contribution in [0, 0.1) is 20.2 Å². The predicted molar refractivity (Wildman–Crippen MR) is 112 cm³/mol. The van der Waals surface area contributed by atoms with Crippen LogP contribution >= 0.6 is 0 Å². The number of ether oxygens (including phenoxy) is 1. The lowest BCUT2D eigenvalue weighted by Crippen LogP contribution is -2.46. The average molecular weight is 479 g/mol. The Balaban J connectivity index is 1.58. The molecule has 3 rings (SSSR count). The highest BCUT2D eigenvalue weighted by molar-refractivity contribution is 7.89. The number of anilines is 1. The van der Waals surface area contributed by atoms with Gasteiger partial charge in [-0.2, -0.15) is 0 Å². The lowest BCUT2D eigenvalue weighted by molar-refractivity contribution is -0.385. The van der Waals surface area contributed by atoms with Crippen LogP contribution in [0.15, 0.2) is 47.4 Å². The van der Waals surface area contributed by atoms with Gasteiger partial charge in [-0.1, -0.05) is 6.07 Å². The monoisotopic (exact) mass is 479 g/mol. The number of carbonyl (C=O) groups excluding carboxylic acids is 2. The van der Waals surface area contributed by atoms with Gasteiger partial charge in [-0.25, -0.2) is 13.1 Å². The maximum absolute atomic E-state index is 12.3. The SMILES string of the molecule is O=C(CN1C(=O)COc2ccc([N+](=O)[O-])cc21)NCCNS(=O)(=O)c1cccc([N+](=O)[O-])c1. The standard InChI is InChI=1S/C18H17N5O9S/c24-17(10-21-15-9-13(23(28)29)4-5-16(15)32-11-18(21)25)19-6-7-20-33(30,31)14-3-1-2-12(8-14)22(26)27/h1-5,8-9,20H,6-7,10-11H2,(H,19,24). The van der Waals surface area contributed by atoms with Crippen LogP contribution in [-0.2, 0) is 19.6 Å². The summed E-state index contributed by atoms with van der Waals surface area (Å²) >= 11 is 0. The minimum Gasteiger partial charge on any atom is -0.482 e. The summed E-state index contributed by atoms with van der Waals surface area (Å²) in [7, 11) is -4.05. The molecule has 0 aromatic heterocycles. The molecule has 2 N–H and O–H groups in total. The number of rotatable bonds is 9. The Labute approximate surface area is 186 Å². The first-order valence-electron chi connectivity index (χ1n) is 9.31. The number of amides is 2. The molecule has 33 heavy (non-hydrogen) atoms. The fraction of sp³-hybridized carbons (Fsp3) is 0.222. The number of carbonyl (C=O) groups is 2. The van der Waals surface area contributed by atoms with Crippen LogP contribution in [0.2, 0.25) is 0 Å². The summed E-state index contributed by atoms with van der Waals surface area (Å²) in [4.78, 5) is 45.6. The zero-order chi connectivity index (χ0) is 24.2. The molecule has 2 aromatic carbocycles. The van der Waals surface area contributed by atoms with Crippen molar-refractivity contribution in [1.29, 1.82) is 0 Å². The minimum absolute atomic E-state index is 0.0713. The highest BCUT2D eigenvalue weighted by atomic mass is 32.2. The quantitative estimate of drug-likeness (QED) is 0.290. The minimum atomic E-state index is -4.05. The Morgan fingerprint density at radius 2 is 1.76 bits per heavy atom. The Bertz CT molecular complexity index is 1230. The van der Waals surface area contributed by atoms with Crippen LogP contribution in [0.4, 0.5) is 17.1 Å². The summed E-state index contributed by atoms with van der Waals surface area (Å²) in [6.45, 7) is -1.18. The number of nitrogens with zero attached hydrogens (tertiary/aromatic N) is 3. The Hall–Kier alpha value is -4.11. The molecule has 0 fully saturated rings. The van der Waals surface area contributed by atoms with Crippen molar-refractivity contribution < 1.29 is 32.6 Å². The van der Waals surface area contributed by atoms with E-state index in [4.69, 9.17) is 4.74 Å². The topological polar surface area (TPSA) is 191 Å². The number of hydrogen-bond donors (Lipinski definition) is 2. The average Bonchev–Trinajstić information content (AvgIpc) is 2.78. The lowest BCUT2D eigenvalue weighted by Gasteiger charge is -2.28. The van der Waals surface area contributed by atoms with Crippen LogP contribution in [0.5, 0.6) is 5.75 Å². The van der Waals surface area contributed by atoms with Gasteiger partial charge in [-0.15, -0.1) is 0 Å². The third kappa shape index (κ3) is 5.58. The second-order valence-corrected chi connectivity index (χ2v) is 8.45.